The van der Waals surface area contributed by atoms with Crippen LogP contribution in [-0.4, -0.2) is 36.9 Å². The Bertz CT molecular complexity index is 689. The second-order valence-electron chi connectivity index (χ2n) is 9.03. The summed E-state index contributed by atoms with van der Waals surface area (Å²) in [5.41, 5.74) is 1.05. The predicted octanol–water partition coefficient (Wildman–Crippen LogP) is 6.68. The van der Waals surface area contributed by atoms with Crippen LogP contribution >= 0.6 is 0 Å². The summed E-state index contributed by atoms with van der Waals surface area (Å²) in [6.07, 6.45) is 18.5. The summed E-state index contributed by atoms with van der Waals surface area (Å²) >= 11 is 0. The third-order valence-corrected chi connectivity index (χ3v) is 6.41. The topological polar surface area (TPSA) is 89.9 Å². The molecule has 0 atom stereocenters. The molecule has 0 unspecified atom stereocenters. The van der Waals surface area contributed by atoms with E-state index in [4.69, 9.17) is 14.6 Å². The van der Waals surface area contributed by atoms with E-state index in [1.54, 1.807) is 6.92 Å². The summed E-state index contributed by atoms with van der Waals surface area (Å²) in [5.74, 6) is -1.11. The normalized spacial score (nSPS) is 14.3. The fraction of sp³-hybridized carbons (Fsp3) is 0.741. The summed E-state index contributed by atoms with van der Waals surface area (Å²) < 4.78 is 10.2. The molecule has 0 bridgehead atoms. The Labute approximate surface area is 199 Å². The molecule has 0 aromatic heterocycles. The summed E-state index contributed by atoms with van der Waals surface area (Å²) in [6.45, 7) is 1.70. The minimum absolute atomic E-state index is 0.0109. The van der Waals surface area contributed by atoms with Gasteiger partial charge in [-0.25, -0.2) is 0 Å². The van der Waals surface area contributed by atoms with E-state index in [9.17, 15) is 14.4 Å². The van der Waals surface area contributed by atoms with Crippen LogP contribution in [0.1, 0.15) is 116 Å². The molecule has 0 radical (unpaired) electrons. The van der Waals surface area contributed by atoms with Crippen LogP contribution in [0, 0.1) is 0 Å². The van der Waals surface area contributed by atoms with Crippen molar-refractivity contribution in [2.24, 2.45) is 0 Å². The van der Waals surface area contributed by atoms with Gasteiger partial charge in [-0.05, 0) is 26.2 Å². The molecule has 0 aromatic carbocycles. The molecular weight excluding hydrogens is 420 g/mol. The van der Waals surface area contributed by atoms with Crippen LogP contribution in [0.15, 0.2) is 22.7 Å². The Balaban J connectivity index is 2.00. The van der Waals surface area contributed by atoms with E-state index in [1.807, 2.05) is 0 Å². The standard InChI is InChI=1S/C27H44O6/c1-21-22(25(31)27(33-3)26(32-2)24(21)30)19-17-15-13-11-9-7-5-4-6-8-10-12-14-16-18-20-23(28)29/h4-20H2,1-3H3,(H,28,29). The average Bonchev–Trinajstić information content (AvgIpc) is 2.79. The predicted molar refractivity (Wildman–Crippen MR) is 130 cm³/mol. The molecule has 0 amide bonds. The largest absolute Gasteiger partial charge is 0.489 e. The van der Waals surface area contributed by atoms with Crippen molar-refractivity contribution in [3.63, 3.8) is 0 Å². The van der Waals surface area contributed by atoms with Crippen molar-refractivity contribution in [2.75, 3.05) is 14.2 Å². The van der Waals surface area contributed by atoms with Crippen LogP contribution < -0.4 is 0 Å². The van der Waals surface area contributed by atoms with Gasteiger partial charge in [0.15, 0.2) is 0 Å². The number of ketones is 2. The van der Waals surface area contributed by atoms with Gasteiger partial charge >= 0.3 is 5.97 Å². The van der Waals surface area contributed by atoms with E-state index < -0.39 is 5.97 Å². The molecule has 0 saturated heterocycles. The van der Waals surface area contributed by atoms with Crippen molar-refractivity contribution in [1.29, 1.82) is 0 Å². The van der Waals surface area contributed by atoms with Crippen LogP contribution in [0.4, 0.5) is 0 Å². The Kier molecular flexibility index (Phi) is 15.2. The minimum atomic E-state index is -0.684. The number of hydrogen-bond acceptors (Lipinski definition) is 5. The number of Topliss-reactive ketones (excluding diaryl/α,β-unsaturated/α-hetero) is 2. The molecule has 0 heterocycles. The van der Waals surface area contributed by atoms with Gasteiger partial charge in [0, 0.05) is 17.6 Å². The van der Waals surface area contributed by atoms with E-state index in [2.05, 4.69) is 0 Å². The maximum atomic E-state index is 12.6. The molecule has 0 aromatic rings. The van der Waals surface area contributed by atoms with Crippen LogP contribution in [-0.2, 0) is 23.9 Å². The molecule has 6 heteroatoms. The van der Waals surface area contributed by atoms with Gasteiger partial charge in [-0.15, -0.1) is 0 Å². The van der Waals surface area contributed by atoms with Gasteiger partial charge in [-0.3, -0.25) is 14.4 Å². The number of carboxylic acid groups (broad SMARTS) is 1. The van der Waals surface area contributed by atoms with Crippen LogP contribution in [0.25, 0.3) is 0 Å². The monoisotopic (exact) mass is 464 g/mol. The molecular formula is C27H44O6. The lowest BCUT2D eigenvalue weighted by Gasteiger charge is -2.20. The van der Waals surface area contributed by atoms with Crippen molar-refractivity contribution in [1.82, 2.24) is 0 Å². The molecule has 0 saturated carbocycles. The number of unbranched alkanes of at least 4 members (excludes halogenated alkanes) is 14. The van der Waals surface area contributed by atoms with E-state index in [0.717, 1.165) is 38.5 Å². The lowest BCUT2D eigenvalue weighted by molar-refractivity contribution is -0.137. The summed E-state index contributed by atoms with van der Waals surface area (Å²) in [7, 11) is 2.78. The van der Waals surface area contributed by atoms with Gasteiger partial charge < -0.3 is 14.6 Å². The summed E-state index contributed by atoms with van der Waals surface area (Å²) in [5, 5.41) is 8.60. The van der Waals surface area contributed by atoms with Crippen molar-refractivity contribution in [2.45, 2.75) is 116 Å². The highest BCUT2D eigenvalue weighted by Gasteiger charge is 2.34. The first kappa shape index (κ1) is 28.9. The fourth-order valence-electron chi connectivity index (χ4n) is 4.37. The van der Waals surface area contributed by atoms with Crippen molar-refractivity contribution < 1.29 is 29.0 Å². The van der Waals surface area contributed by atoms with E-state index in [0.29, 0.717) is 24.0 Å². The number of ether oxygens (including phenoxy) is 2. The Hall–Kier alpha value is -2.11. The number of hydrogen-bond donors (Lipinski definition) is 1. The molecule has 1 aliphatic carbocycles. The number of rotatable bonds is 20. The molecule has 0 spiro atoms. The number of allylic oxidation sites excluding steroid dienone is 2. The molecule has 1 rings (SSSR count). The molecule has 0 fully saturated rings. The van der Waals surface area contributed by atoms with Crippen LogP contribution in [0.2, 0.25) is 0 Å². The highest BCUT2D eigenvalue weighted by molar-refractivity contribution is 6.23. The maximum absolute atomic E-state index is 12.6. The minimum Gasteiger partial charge on any atom is -0.489 e. The average molecular weight is 465 g/mol. The Morgan fingerprint density at radius 2 is 1.00 bits per heavy atom. The highest BCUT2D eigenvalue weighted by atomic mass is 16.5. The maximum Gasteiger partial charge on any atom is 0.303 e. The van der Waals surface area contributed by atoms with Crippen molar-refractivity contribution >= 4 is 17.5 Å². The first-order chi connectivity index (χ1) is 15.9. The second kappa shape index (κ2) is 17.4. The fourth-order valence-corrected chi connectivity index (χ4v) is 4.37. The Morgan fingerprint density at radius 3 is 1.39 bits per heavy atom. The molecule has 6 nitrogen and oxygen atoms in total. The lowest BCUT2D eigenvalue weighted by Crippen LogP contribution is -2.25. The number of methoxy groups -OCH3 is 2. The zero-order valence-corrected chi connectivity index (χ0v) is 21.0. The van der Waals surface area contributed by atoms with Gasteiger partial charge in [-0.2, -0.15) is 0 Å². The molecule has 1 N–H and O–H groups in total. The molecule has 0 aliphatic heterocycles. The number of aliphatic carboxylic acids is 1. The zero-order chi connectivity index (χ0) is 24.5. The van der Waals surface area contributed by atoms with E-state index in [1.165, 1.54) is 72.0 Å². The summed E-state index contributed by atoms with van der Waals surface area (Å²) in [6, 6.07) is 0. The molecule has 1 aliphatic rings. The first-order valence-corrected chi connectivity index (χ1v) is 12.8. The SMILES string of the molecule is COC1=C(OC)C(=O)C(CCCCCCCCCCCCCCCCCC(=O)O)=C(C)C1=O. The Morgan fingerprint density at radius 1 is 0.636 bits per heavy atom. The van der Waals surface area contributed by atoms with Gasteiger partial charge in [0.05, 0.1) is 14.2 Å². The van der Waals surface area contributed by atoms with Gasteiger partial charge in [0.25, 0.3) is 0 Å². The smallest absolute Gasteiger partial charge is 0.303 e. The summed E-state index contributed by atoms with van der Waals surface area (Å²) in [4.78, 5) is 35.4. The van der Waals surface area contributed by atoms with E-state index in [-0.39, 0.29) is 23.1 Å². The zero-order valence-electron chi connectivity index (χ0n) is 21.0. The van der Waals surface area contributed by atoms with Gasteiger partial charge in [0.1, 0.15) is 0 Å². The second-order valence-corrected chi connectivity index (χ2v) is 9.03. The van der Waals surface area contributed by atoms with E-state index >= 15 is 0 Å². The lowest BCUT2D eigenvalue weighted by atomic mass is 9.89. The number of carbonyl (C=O) groups excluding carboxylic acids is 2. The first-order valence-electron chi connectivity index (χ1n) is 12.8. The number of carbonyl (C=O) groups is 3. The van der Waals surface area contributed by atoms with Crippen molar-refractivity contribution in [3.05, 3.63) is 22.7 Å². The number of carboxylic acids is 1. The van der Waals surface area contributed by atoms with Crippen LogP contribution in [0.3, 0.4) is 0 Å². The van der Waals surface area contributed by atoms with Gasteiger partial charge in [-0.1, -0.05) is 83.5 Å². The van der Waals surface area contributed by atoms with Crippen LogP contribution in [0.5, 0.6) is 0 Å². The molecule has 188 valence electrons. The van der Waals surface area contributed by atoms with Crippen molar-refractivity contribution in [3.8, 4) is 0 Å². The third-order valence-electron chi connectivity index (χ3n) is 6.41. The third kappa shape index (κ3) is 11.0. The van der Waals surface area contributed by atoms with Gasteiger partial charge in [0.2, 0.25) is 23.1 Å². The highest BCUT2D eigenvalue weighted by Crippen LogP contribution is 2.28. The molecule has 33 heavy (non-hydrogen) atoms. The quantitative estimate of drug-likeness (QED) is 0.160.